The van der Waals surface area contributed by atoms with Crippen molar-refractivity contribution in [2.75, 3.05) is 10.5 Å². The first-order chi connectivity index (χ1) is 15.8. The zero-order valence-corrected chi connectivity index (χ0v) is 19.0. The molecule has 0 spiro atoms. The highest BCUT2D eigenvalue weighted by Gasteiger charge is 2.26. The molecule has 0 amide bonds. The third-order valence-electron chi connectivity index (χ3n) is 5.91. The van der Waals surface area contributed by atoms with Gasteiger partial charge < -0.3 is 9.30 Å². The first-order valence-electron chi connectivity index (χ1n) is 11.0. The van der Waals surface area contributed by atoms with Crippen molar-refractivity contribution in [3.05, 3.63) is 48.0 Å². The molecule has 0 bridgehead atoms. The Morgan fingerprint density at radius 1 is 1.18 bits per heavy atom. The van der Waals surface area contributed by atoms with Gasteiger partial charge >= 0.3 is 6.61 Å². The van der Waals surface area contributed by atoms with E-state index in [1.807, 2.05) is 0 Å². The van der Waals surface area contributed by atoms with Gasteiger partial charge in [0.05, 0.1) is 22.5 Å². The van der Waals surface area contributed by atoms with Gasteiger partial charge in [-0.3, -0.25) is 4.72 Å². The second kappa shape index (κ2) is 9.40. The van der Waals surface area contributed by atoms with Crippen molar-refractivity contribution >= 4 is 26.6 Å². The predicted molar refractivity (Wildman–Crippen MR) is 124 cm³/mol. The third kappa shape index (κ3) is 4.81. The second-order valence-corrected chi connectivity index (χ2v) is 10.0. The van der Waals surface area contributed by atoms with Crippen molar-refractivity contribution in [3.8, 4) is 23.1 Å². The number of hydrogen-bond acceptors (Lipinski definition) is 4. The SMILES string of the molecule is CCCS(=O)(=O)Nc1ccc(-c2c(C#N)c3ccc(OC(F)F)cc3n2C2CCCC2)cc1. The molecule has 1 N–H and O–H groups in total. The zero-order chi connectivity index (χ0) is 23.6. The summed E-state index contributed by atoms with van der Waals surface area (Å²) in [6, 6.07) is 14.0. The molecule has 1 aromatic heterocycles. The number of fused-ring (bicyclic) bond motifs is 1. The standard InChI is InChI=1S/C24H25F2N3O3S/c1-2-13-33(30,31)28-17-9-7-16(8-10-17)23-21(15-27)20-12-11-19(32-24(25)26)14-22(20)29(23)18-5-3-4-6-18/h7-12,14,18,24,28H,2-6,13H2,1H3. The van der Waals surface area contributed by atoms with Crippen LogP contribution in [0.25, 0.3) is 22.2 Å². The van der Waals surface area contributed by atoms with E-state index in [4.69, 9.17) is 0 Å². The summed E-state index contributed by atoms with van der Waals surface area (Å²) in [4.78, 5) is 0. The van der Waals surface area contributed by atoms with E-state index in [1.165, 1.54) is 6.07 Å². The lowest BCUT2D eigenvalue weighted by Crippen LogP contribution is -2.16. The lowest BCUT2D eigenvalue weighted by molar-refractivity contribution is -0.0497. The van der Waals surface area contributed by atoms with E-state index in [9.17, 15) is 22.5 Å². The van der Waals surface area contributed by atoms with Crippen LogP contribution in [0.15, 0.2) is 42.5 Å². The minimum absolute atomic E-state index is 0.0340. The number of alkyl halides is 2. The molecule has 3 aromatic rings. The number of ether oxygens (including phenoxy) is 1. The van der Waals surface area contributed by atoms with Crippen molar-refractivity contribution in [1.82, 2.24) is 4.57 Å². The average Bonchev–Trinajstić information content (AvgIpc) is 3.38. The molecule has 1 fully saturated rings. The molecular formula is C24H25F2N3O3S. The number of nitrogens with one attached hydrogen (secondary N) is 1. The van der Waals surface area contributed by atoms with Crippen LogP contribution in [0, 0.1) is 11.3 Å². The Morgan fingerprint density at radius 3 is 2.48 bits per heavy atom. The number of hydrogen-bond donors (Lipinski definition) is 1. The lowest BCUT2D eigenvalue weighted by Gasteiger charge is -2.19. The van der Waals surface area contributed by atoms with E-state index in [0.29, 0.717) is 34.3 Å². The zero-order valence-electron chi connectivity index (χ0n) is 18.2. The molecule has 1 aliphatic rings. The maximum Gasteiger partial charge on any atom is 0.387 e. The van der Waals surface area contributed by atoms with Crippen LogP contribution in [0.3, 0.4) is 0 Å². The van der Waals surface area contributed by atoms with Crippen LogP contribution in [0.1, 0.15) is 50.6 Å². The molecule has 0 radical (unpaired) electrons. The van der Waals surface area contributed by atoms with Crippen LogP contribution < -0.4 is 9.46 Å². The van der Waals surface area contributed by atoms with Crippen molar-refractivity contribution in [2.45, 2.75) is 51.7 Å². The lowest BCUT2D eigenvalue weighted by atomic mass is 10.1. The minimum atomic E-state index is -3.41. The van der Waals surface area contributed by atoms with Gasteiger partial charge in [-0.1, -0.05) is 31.9 Å². The van der Waals surface area contributed by atoms with E-state index in [-0.39, 0.29) is 17.5 Å². The molecule has 0 aliphatic heterocycles. The Hall–Kier alpha value is -3.12. The number of nitriles is 1. The molecular weight excluding hydrogens is 448 g/mol. The van der Waals surface area contributed by atoms with E-state index in [0.717, 1.165) is 31.2 Å². The summed E-state index contributed by atoms with van der Waals surface area (Å²) in [7, 11) is -3.41. The van der Waals surface area contributed by atoms with Crippen LogP contribution >= 0.6 is 0 Å². The third-order valence-corrected chi connectivity index (χ3v) is 7.40. The highest BCUT2D eigenvalue weighted by atomic mass is 32.2. The monoisotopic (exact) mass is 473 g/mol. The molecule has 2 aromatic carbocycles. The number of benzene rings is 2. The summed E-state index contributed by atoms with van der Waals surface area (Å²) in [5.41, 5.74) is 3.04. The fraction of sp³-hybridized carbons (Fsp3) is 0.375. The summed E-state index contributed by atoms with van der Waals surface area (Å²) in [6.45, 7) is -1.14. The van der Waals surface area contributed by atoms with E-state index in [1.54, 1.807) is 43.3 Å². The van der Waals surface area contributed by atoms with Gasteiger partial charge in [0, 0.05) is 23.2 Å². The van der Waals surface area contributed by atoms with Crippen molar-refractivity contribution in [1.29, 1.82) is 5.26 Å². The fourth-order valence-corrected chi connectivity index (χ4v) is 5.74. The van der Waals surface area contributed by atoms with Crippen molar-refractivity contribution in [3.63, 3.8) is 0 Å². The molecule has 0 unspecified atom stereocenters. The molecule has 9 heteroatoms. The molecule has 1 aliphatic carbocycles. The number of sulfonamides is 1. The molecule has 6 nitrogen and oxygen atoms in total. The number of halogens is 2. The predicted octanol–water partition coefficient (Wildman–Crippen LogP) is 6.05. The average molecular weight is 474 g/mol. The normalized spacial score (nSPS) is 14.6. The van der Waals surface area contributed by atoms with Crippen LogP contribution in [-0.2, 0) is 10.0 Å². The molecule has 0 saturated heterocycles. The summed E-state index contributed by atoms with van der Waals surface area (Å²) in [6.07, 6.45) is 4.47. The Morgan fingerprint density at radius 2 is 1.88 bits per heavy atom. The molecule has 1 heterocycles. The van der Waals surface area contributed by atoms with Crippen molar-refractivity contribution < 1.29 is 21.9 Å². The van der Waals surface area contributed by atoms with Crippen LogP contribution in [-0.4, -0.2) is 25.3 Å². The Balaban J connectivity index is 1.84. The highest BCUT2D eigenvalue weighted by Crippen LogP contribution is 2.42. The quantitative estimate of drug-likeness (QED) is 0.432. The van der Waals surface area contributed by atoms with Gasteiger partial charge in [-0.05, 0) is 49.1 Å². The maximum absolute atomic E-state index is 12.8. The van der Waals surface area contributed by atoms with Crippen LogP contribution in [0.5, 0.6) is 5.75 Å². The second-order valence-electron chi connectivity index (χ2n) is 8.20. The first-order valence-corrected chi connectivity index (χ1v) is 12.6. The van der Waals surface area contributed by atoms with Gasteiger partial charge in [0.1, 0.15) is 11.8 Å². The highest BCUT2D eigenvalue weighted by molar-refractivity contribution is 7.92. The molecule has 0 atom stereocenters. The number of aromatic nitrogens is 1. The number of anilines is 1. The van der Waals surface area contributed by atoms with Gasteiger partial charge in [0.25, 0.3) is 0 Å². The number of nitrogens with zero attached hydrogens (tertiary/aromatic N) is 2. The van der Waals surface area contributed by atoms with E-state index >= 15 is 0 Å². The largest absolute Gasteiger partial charge is 0.435 e. The maximum atomic E-state index is 12.8. The summed E-state index contributed by atoms with van der Waals surface area (Å²) < 4.78 is 59.0. The Labute approximate surface area is 191 Å². The van der Waals surface area contributed by atoms with Gasteiger partial charge in [-0.15, -0.1) is 0 Å². The van der Waals surface area contributed by atoms with Crippen LogP contribution in [0.4, 0.5) is 14.5 Å². The number of rotatable bonds is 8. The molecule has 33 heavy (non-hydrogen) atoms. The summed E-state index contributed by atoms with van der Waals surface area (Å²) >= 11 is 0. The molecule has 1 saturated carbocycles. The van der Waals surface area contributed by atoms with Gasteiger partial charge in [-0.2, -0.15) is 14.0 Å². The van der Waals surface area contributed by atoms with Crippen molar-refractivity contribution in [2.24, 2.45) is 0 Å². The first kappa shape index (κ1) is 23.1. The van der Waals surface area contributed by atoms with Crippen LogP contribution in [0.2, 0.25) is 0 Å². The van der Waals surface area contributed by atoms with Gasteiger partial charge in [0.2, 0.25) is 10.0 Å². The minimum Gasteiger partial charge on any atom is -0.435 e. The molecule has 4 rings (SSSR count). The topological polar surface area (TPSA) is 84.1 Å². The summed E-state index contributed by atoms with van der Waals surface area (Å²) in [5.74, 6) is 0.0812. The smallest absolute Gasteiger partial charge is 0.387 e. The fourth-order valence-electron chi connectivity index (χ4n) is 4.60. The van der Waals surface area contributed by atoms with E-state index in [2.05, 4.69) is 20.1 Å². The summed E-state index contributed by atoms with van der Waals surface area (Å²) in [5, 5.41) is 10.7. The van der Waals surface area contributed by atoms with Gasteiger partial charge in [0.15, 0.2) is 0 Å². The Kier molecular flexibility index (Phi) is 6.56. The van der Waals surface area contributed by atoms with Gasteiger partial charge in [-0.25, -0.2) is 8.42 Å². The molecule has 174 valence electrons. The van der Waals surface area contributed by atoms with E-state index < -0.39 is 16.6 Å². The Bertz CT molecular complexity index is 1290.